The van der Waals surface area contributed by atoms with Gasteiger partial charge in [0.25, 0.3) is 5.56 Å². The molecule has 0 bridgehead atoms. The molecular weight excluding hydrogens is 535 g/mol. The number of hydrogen-bond acceptors (Lipinski definition) is 6. The Balaban J connectivity index is 1.45. The smallest absolute Gasteiger partial charge is 0.295 e. The van der Waals surface area contributed by atoms with Crippen molar-refractivity contribution in [3.8, 4) is 11.4 Å². The highest BCUT2D eigenvalue weighted by Gasteiger charge is 2.22. The van der Waals surface area contributed by atoms with Crippen LogP contribution in [0.3, 0.4) is 0 Å². The van der Waals surface area contributed by atoms with Gasteiger partial charge in [-0.3, -0.25) is 14.3 Å². The van der Waals surface area contributed by atoms with E-state index >= 15 is 0 Å². The predicted molar refractivity (Wildman–Crippen MR) is 146 cm³/mol. The maximum absolute atomic E-state index is 13.1. The van der Waals surface area contributed by atoms with E-state index in [-0.39, 0.29) is 22.9 Å². The molecule has 1 unspecified atom stereocenters. The van der Waals surface area contributed by atoms with Gasteiger partial charge >= 0.3 is 0 Å². The average Bonchev–Trinajstić information content (AvgIpc) is 3.39. The fraction of sp³-hybridized carbons (Fsp3) is 0.280. The summed E-state index contributed by atoms with van der Waals surface area (Å²) < 4.78 is 11.1. The molecule has 0 saturated carbocycles. The minimum absolute atomic E-state index is 0.0511. The summed E-state index contributed by atoms with van der Waals surface area (Å²) in [5, 5.41) is 12.8. The van der Waals surface area contributed by atoms with Crippen molar-refractivity contribution in [2.45, 2.75) is 38.6 Å². The van der Waals surface area contributed by atoms with Crippen LogP contribution in [0.5, 0.6) is 5.75 Å². The van der Waals surface area contributed by atoms with Crippen LogP contribution in [-0.2, 0) is 18.4 Å². The number of halogens is 2. The Morgan fingerprint density at radius 2 is 1.89 bits per heavy atom. The number of rotatable bonds is 9. The maximum atomic E-state index is 13.1. The van der Waals surface area contributed by atoms with E-state index in [2.05, 4.69) is 15.5 Å². The van der Waals surface area contributed by atoms with Crippen LogP contribution >= 0.6 is 35.0 Å². The fourth-order valence-electron chi connectivity index (χ4n) is 3.84. The molecule has 37 heavy (non-hydrogen) atoms. The Morgan fingerprint density at radius 1 is 1.16 bits per heavy atom. The summed E-state index contributed by atoms with van der Waals surface area (Å²) in [6.45, 7) is 6.17. The first kappa shape index (κ1) is 26.8. The first-order chi connectivity index (χ1) is 17.7. The van der Waals surface area contributed by atoms with Crippen molar-refractivity contribution in [2.75, 3.05) is 11.1 Å². The van der Waals surface area contributed by atoms with Crippen LogP contribution in [-0.4, -0.2) is 35.8 Å². The van der Waals surface area contributed by atoms with Crippen LogP contribution in [0.25, 0.3) is 5.69 Å². The molecule has 0 radical (unpaired) electrons. The molecule has 0 aliphatic heterocycles. The summed E-state index contributed by atoms with van der Waals surface area (Å²) in [5.41, 5.74) is 1.32. The molecular formula is C25H26Cl2N6O3S. The van der Waals surface area contributed by atoms with Crippen molar-refractivity contribution < 1.29 is 9.53 Å². The lowest BCUT2D eigenvalue weighted by Crippen LogP contribution is -2.23. The molecule has 1 atom stereocenters. The van der Waals surface area contributed by atoms with Crippen LogP contribution in [0.4, 0.5) is 5.69 Å². The number of carbonyl (C=O) groups is 1. The van der Waals surface area contributed by atoms with Crippen molar-refractivity contribution >= 4 is 46.6 Å². The van der Waals surface area contributed by atoms with Gasteiger partial charge in [0.15, 0.2) is 17.1 Å². The standard InChI is InChI=1S/C25H26Cl2N6O3S/c1-5-32-23(16(3)36-20-12-11-17(26)13-19(20)27)29-30-25(32)37-14-21(34)28-22-15(2)31(4)33(24(22)35)18-9-7-6-8-10-18/h6-13,16H,5,14H2,1-4H3,(H,28,34). The van der Waals surface area contributed by atoms with Crippen molar-refractivity contribution in [1.29, 1.82) is 0 Å². The molecule has 1 N–H and O–H groups in total. The molecule has 0 fully saturated rings. The second-order valence-corrected chi connectivity index (χ2v) is 9.98. The minimum atomic E-state index is -0.447. The molecule has 0 aliphatic carbocycles. The SMILES string of the molecule is CCn1c(SCC(=O)Nc2c(C)n(C)n(-c3ccccc3)c2=O)nnc1C(C)Oc1ccc(Cl)cc1Cl. The van der Waals surface area contributed by atoms with E-state index in [1.54, 1.807) is 36.9 Å². The number of carbonyl (C=O) groups excluding carboxylic acids is 1. The Labute approximate surface area is 228 Å². The second kappa shape index (κ2) is 11.5. The number of thioether (sulfide) groups is 1. The van der Waals surface area contributed by atoms with Crippen molar-refractivity contribution in [3.63, 3.8) is 0 Å². The third-order valence-electron chi connectivity index (χ3n) is 5.77. The molecule has 4 aromatic rings. The van der Waals surface area contributed by atoms with Gasteiger partial charge in [-0.15, -0.1) is 10.2 Å². The van der Waals surface area contributed by atoms with Gasteiger partial charge in [0, 0.05) is 18.6 Å². The van der Waals surface area contributed by atoms with Gasteiger partial charge in [0.2, 0.25) is 5.91 Å². The molecule has 1 amide bonds. The van der Waals surface area contributed by atoms with Crippen LogP contribution in [0.1, 0.15) is 31.5 Å². The van der Waals surface area contributed by atoms with E-state index in [4.69, 9.17) is 27.9 Å². The van der Waals surface area contributed by atoms with Crippen LogP contribution < -0.4 is 15.6 Å². The number of anilines is 1. The first-order valence-electron chi connectivity index (χ1n) is 11.5. The van der Waals surface area contributed by atoms with E-state index in [1.807, 2.05) is 48.7 Å². The lowest BCUT2D eigenvalue weighted by molar-refractivity contribution is -0.113. The van der Waals surface area contributed by atoms with Crippen LogP contribution in [0.15, 0.2) is 58.5 Å². The third kappa shape index (κ3) is 5.71. The number of nitrogens with one attached hydrogen (secondary N) is 1. The zero-order valence-corrected chi connectivity index (χ0v) is 23.1. The molecule has 9 nitrogen and oxygen atoms in total. The molecule has 2 aromatic heterocycles. The van der Waals surface area contributed by atoms with Gasteiger partial charge in [-0.1, -0.05) is 53.2 Å². The number of para-hydroxylation sites is 1. The summed E-state index contributed by atoms with van der Waals surface area (Å²) in [6, 6.07) is 14.3. The molecule has 4 rings (SSSR count). The van der Waals surface area contributed by atoms with Crippen molar-refractivity contribution in [1.82, 2.24) is 24.1 Å². The quantitative estimate of drug-likeness (QED) is 0.280. The van der Waals surface area contributed by atoms with Gasteiger partial charge in [-0.2, -0.15) is 0 Å². The van der Waals surface area contributed by atoms with Gasteiger partial charge in [0.05, 0.1) is 22.2 Å². The Kier molecular flexibility index (Phi) is 8.31. The molecule has 12 heteroatoms. The number of hydrogen-bond donors (Lipinski definition) is 1. The lowest BCUT2D eigenvalue weighted by Gasteiger charge is -2.16. The topological polar surface area (TPSA) is 96.0 Å². The van der Waals surface area contributed by atoms with Gasteiger partial charge in [-0.25, -0.2) is 4.68 Å². The molecule has 0 saturated heterocycles. The number of benzene rings is 2. The Hall–Kier alpha value is -3.21. The molecule has 194 valence electrons. The highest BCUT2D eigenvalue weighted by molar-refractivity contribution is 7.99. The summed E-state index contributed by atoms with van der Waals surface area (Å²) in [5.74, 6) is 0.814. The number of aromatic nitrogens is 5. The number of nitrogens with zero attached hydrogens (tertiary/aromatic N) is 5. The summed E-state index contributed by atoms with van der Waals surface area (Å²) in [6.07, 6.45) is -0.447. The normalized spacial score (nSPS) is 11.9. The monoisotopic (exact) mass is 560 g/mol. The summed E-state index contributed by atoms with van der Waals surface area (Å²) in [7, 11) is 1.78. The average molecular weight is 561 g/mol. The zero-order chi connectivity index (χ0) is 26.7. The minimum Gasteiger partial charge on any atom is -0.481 e. The van der Waals surface area contributed by atoms with Crippen LogP contribution in [0, 0.1) is 6.92 Å². The fourth-order valence-corrected chi connectivity index (χ4v) is 5.10. The lowest BCUT2D eigenvalue weighted by atomic mass is 10.3. The third-order valence-corrected chi connectivity index (χ3v) is 7.27. The zero-order valence-electron chi connectivity index (χ0n) is 20.7. The maximum Gasteiger partial charge on any atom is 0.295 e. The Bertz CT molecular complexity index is 1480. The van der Waals surface area contributed by atoms with Gasteiger partial charge in [0.1, 0.15) is 11.4 Å². The highest BCUT2D eigenvalue weighted by Crippen LogP contribution is 2.31. The van der Waals surface area contributed by atoms with E-state index in [9.17, 15) is 9.59 Å². The van der Waals surface area contributed by atoms with Crippen LogP contribution in [0.2, 0.25) is 10.0 Å². The Morgan fingerprint density at radius 3 is 2.57 bits per heavy atom. The highest BCUT2D eigenvalue weighted by atomic mass is 35.5. The summed E-state index contributed by atoms with van der Waals surface area (Å²) >= 11 is 13.4. The van der Waals surface area contributed by atoms with E-state index in [0.717, 1.165) is 0 Å². The molecule has 0 aliphatic rings. The van der Waals surface area contributed by atoms with E-state index < -0.39 is 6.10 Å². The van der Waals surface area contributed by atoms with Crippen molar-refractivity contribution in [3.05, 3.63) is 80.4 Å². The predicted octanol–water partition coefficient (Wildman–Crippen LogP) is 5.27. The van der Waals surface area contributed by atoms with E-state index in [0.29, 0.717) is 44.7 Å². The largest absolute Gasteiger partial charge is 0.481 e. The number of ether oxygens (including phenoxy) is 1. The summed E-state index contributed by atoms with van der Waals surface area (Å²) in [4.78, 5) is 25.9. The molecule has 0 spiro atoms. The van der Waals surface area contributed by atoms with Crippen molar-refractivity contribution in [2.24, 2.45) is 7.05 Å². The van der Waals surface area contributed by atoms with E-state index in [1.165, 1.54) is 16.4 Å². The first-order valence-corrected chi connectivity index (χ1v) is 13.3. The molecule has 2 heterocycles. The van der Waals surface area contributed by atoms with Gasteiger partial charge in [-0.05, 0) is 51.1 Å². The second-order valence-electron chi connectivity index (χ2n) is 8.19. The molecule has 2 aromatic carbocycles. The number of amides is 1. The van der Waals surface area contributed by atoms with Gasteiger partial charge < -0.3 is 14.6 Å².